The van der Waals surface area contributed by atoms with E-state index in [2.05, 4.69) is 4.99 Å². The van der Waals surface area contributed by atoms with Crippen molar-refractivity contribution in [3.05, 3.63) is 35.6 Å². The minimum atomic E-state index is -0.124. The van der Waals surface area contributed by atoms with Crippen LogP contribution in [0.2, 0.25) is 0 Å². The summed E-state index contributed by atoms with van der Waals surface area (Å²) in [6.07, 6.45) is 0. The molecule has 0 saturated heterocycles. The van der Waals surface area contributed by atoms with Crippen molar-refractivity contribution in [2.75, 3.05) is 40.5 Å². The molecule has 114 valence electrons. The first kappa shape index (κ1) is 19.5. The normalized spacial score (nSPS) is 9.65. The largest absolute Gasteiger partial charge is 0.349 e. The van der Waals surface area contributed by atoms with E-state index in [1.165, 1.54) is 6.07 Å². The van der Waals surface area contributed by atoms with Gasteiger partial charge in [-0.25, -0.2) is 4.39 Å². The van der Waals surface area contributed by atoms with Crippen LogP contribution in [-0.4, -0.2) is 56.2 Å². The number of aliphatic imine (C=N–C) groups is 1. The Morgan fingerprint density at radius 3 is 2.30 bits per heavy atom. The Morgan fingerprint density at radius 2 is 1.75 bits per heavy atom. The molecular weight excluding hydrogens is 388 g/mol. The van der Waals surface area contributed by atoms with Gasteiger partial charge in [0.25, 0.3) is 0 Å². The predicted molar refractivity (Wildman–Crippen MR) is 97.7 cm³/mol. The second-order valence-corrected chi connectivity index (χ2v) is 5.72. The summed E-state index contributed by atoms with van der Waals surface area (Å²) in [6, 6.07) is 6.92. The first-order chi connectivity index (χ1) is 9.02. The van der Waals surface area contributed by atoms with Gasteiger partial charge in [-0.15, -0.1) is 24.0 Å². The van der Waals surface area contributed by atoms with Crippen molar-refractivity contribution >= 4 is 41.7 Å². The zero-order chi connectivity index (χ0) is 14.3. The van der Waals surface area contributed by atoms with Crippen molar-refractivity contribution in [1.29, 1.82) is 0 Å². The van der Waals surface area contributed by atoms with Gasteiger partial charge in [0.15, 0.2) is 5.96 Å². The smallest absolute Gasteiger partial charge is 0.195 e. The van der Waals surface area contributed by atoms with Gasteiger partial charge in [0, 0.05) is 39.7 Å². The average molecular weight is 411 g/mol. The number of hydrogen-bond donors (Lipinski definition) is 0. The first-order valence-electron chi connectivity index (χ1n) is 6.22. The van der Waals surface area contributed by atoms with Gasteiger partial charge in [0.05, 0.1) is 6.54 Å². The summed E-state index contributed by atoms with van der Waals surface area (Å²) in [6.45, 7) is 0.741. The van der Waals surface area contributed by atoms with Crippen molar-refractivity contribution in [2.24, 2.45) is 4.99 Å². The van der Waals surface area contributed by atoms with Crippen LogP contribution in [0.1, 0.15) is 5.56 Å². The molecule has 0 aliphatic heterocycles. The van der Waals surface area contributed by atoms with Crippen molar-refractivity contribution < 1.29 is 4.39 Å². The minimum absolute atomic E-state index is 0. The standard InChI is InChI=1S/C14H22FN3S.HI/c1-17(2)14(18(3)4)16-9-10-19-11-12-7-5-6-8-13(12)15;/h5-8H,9-11H2,1-4H3;1H. The molecule has 0 atom stereocenters. The Labute approximate surface area is 142 Å². The molecule has 0 aliphatic rings. The number of halogens is 2. The Morgan fingerprint density at radius 1 is 1.15 bits per heavy atom. The third kappa shape index (κ3) is 6.78. The third-order valence-corrected chi connectivity index (χ3v) is 3.49. The number of guanidine groups is 1. The Bertz CT molecular complexity index is 415. The maximum absolute atomic E-state index is 13.4. The van der Waals surface area contributed by atoms with Crippen LogP contribution in [0.25, 0.3) is 0 Å². The van der Waals surface area contributed by atoms with E-state index in [0.717, 1.165) is 23.8 Å². The fourth-order valence-corrected chi connectivity index (χ4v) is 2.51. The van der Waals surface area contributed by atoms with E-state index in [9.17, 15) is 4.39 Å². The summed E-state index contributed by atoms with van der Waals surface area (Å²) in [5.41, 5.74) is 0.761. The lowest BCUT2D eigenvalue weighted by Gasteiger charge is -2.22. The van der Waals surface area contributed by atoms with E-state index in [-0.39, 0.29) is 29.8 Å². The summed E-state index contributed by atoms with van der Waals surface area (Å²) < 4.78 is 13.4. The van der Waals surface area contributed by atoms with Crippen LogP contribution >= 0.6 is 35.7 Å². The molecule has 0 heterocycles. The predicted octanol–water partition coefficient (Wildman–Crippen LogP) is 3.16. The van der Waals surface area contributed by atoms with E-state index < -0.39 is 0 Å². The van der Waals surface area contributed by atoms with Crippen LogP contribution in [0, 0.1) is 5.82 Å². The second kappa shape index (κ2) is 10.3. The molecule has 1 aromatic carbocycles. The van der Waals surface area contributed by atoms with Gasteiger partial charge in [0.2, 0.25) is 0 Å². The van der Waals surface area contributed by atoms with Gasteiger partial charge in [-0.3, -0.25) is 4.99 Å². The molecule has 6 heteroatoms. The van der Waals surface area contributed by atoms with Crippen LogP contribution in [0.5, 0.6) is 0 Å². The highest BCUT2D eigenvalue weighted by molar-refractivity contribution is 14.0. The maximum Gasteiger partial charge on any atom is 0.195 e. The van der Waals surface area contributed by atoms with Gasteiger partial charge >= 0.3 is 0 Å². The van der Waals surface area contributed by atoms with Gasteiger partial charge in [-0.2, -0.15) is 11.8 Å². The summed E-state index contributed by atoms with van der Waals surface area (Å²) in [5, 5.41) is 0. The molecule has 0 bridgehead atoms. The fraction of sp³-hybridized carbons (Fsp3) is 0.500. The molecule has 0 aliphatic carbocycles. The van der Waals surface area contributed by atoms with Crippen LogP contribution in [0.15, 0.2) is 29.3 Å². The molecule has 1 aromatic rings. The highest BCUT2D eigenvalue weighted by Crippen LogP contribution is 2.15. The van der Waals surface area contributed by atoms with Crippen LogP contribution in [0.4, 0.5) is 4.39 Å². The molecule has 0 aromatic heterocycles. The second-order valence-electron chi connectivity index (χ2n) is 4.61. The zero-order valence-corrected chi connectivity index (χ0v) is 15.6. The summed E-state index contributed by atoms with van der Waals surface area (Å²) in [7, 11) is 7.91. The van der Waals surface area contributed by atoms with Crippen LogP contribution < -0.4 is 0 Å². The van der Waals surface area contributed by atoms with E-state index in [1.807, 2.05) is 50.1 Å². The lowest BCUT2D eigenvalue weighted by atomic mass is 10.2. The lowest BCUT2D eigenvalue weighted by Crippen LogP contribution is -2.35. The molecule has 0 amide bonds. The number of rotatable bonds is 5. The van der Waals surface area contributed by atoms with Crippen molar-refractivity contribution in [3.8, 4) is 0 Å². The van der Waals surface area contributed by atoms with Crippen molar-refractivity contribution in [2.45, 2.75) is 5.75 Å². The first-order valence-corrected chi connectivity index (χ1v) is 7.38. The molecular formula is C14H23FIN3S. The quantitative estimate of drug-likeness (QED) is 0.321. The maximum atomic E-state index is 13.4. The molecule has 0 saturated carbocycles. The summed E-state index contributed by atoms with van der Waals surface area (Å²) in [4.78, 5) is 8.51. The van der Waals surface area contributed by atoms with E-state index in [0.29, 0.717) is 5.75 Å². The molecule has 0 unspecified atom stereocenters. The van der Waals surface area contributed by atoms with E-state index >= 15 is 0 Å². The molecule has 0 radical (unpaired) electrons. The number of hydrogen-bond acceptors (Lipinski definition) is 2. The molecule has 1 rings (SSSR count). The lowest BCUT2D eigenvalue weighted by molar-refractivity contribution is 0.480. The Hall–Kier alpha value is -0.500. The molecule has 3 nitrogen and oxygen atoms in total. The molecule has 20 heavy (non-hydrogen) atoms. The average Bonchev–Trinajstić information content (AvgIpc) is 2.34. The summed E-state index contributed by atoms with van der Waals surface area (Å²) >= 11 is 1.70. The van der Waals surface area contributed by atoms with Gasteiger partial charge in [0.1, 0.15) is 5.82 Å². The fourth-order valence-electron chi connectivity index (χ4n) is 1.69. The minimum Gasteiger partial charge on any atom is -0.349 e. The Kier molecular flexibility index (Phi) is 10.0. The monoisotopic (exact) mass is 411 g/mol. The number of thioether (sulfide) groups is 1. The molecule has 0 N–H and O–H groups in total. The topological polar surface area (TPSA) is 18.8 Å². The van der Waals surface area contributed by atoms with Crippen molar-refractivity contribution in [1.82, 2.24) is 9.80 Å². The van der Waals surface area contributed by atoms with Crippen LogP contribution in [-0.2, 0) is 5.75 Å². The number of nitrogens with zero attached hydrogens (tertiary/aromatic N) is 3. The Balaban J connectivity index is 0.00000361. The van der Waals surface area contributed by atoms with Gasteiger partial charge in [-0.1, -0.05) is 18.2 Å². The third-order valence-electron chi connectivity index (χ3n) is 2.50. The van der Waals surface area contributed by atoms with Crippen LogP contribution in [0.3, 0.4) is 0 Å². The molecule has 0 fully saturated rings. The van der Waals surface area contributed by atoms with E-state index in [1.54, 1.807) is 17.8 Å². The number of benzene rings is 1. The molecule has 0 spiro atoms. The SMILES string of the molecule is CN(C)C(=NCCSCc1ccccc1F)N(C)C.I. The van der Waals surface area contributed by atoms with Gasteiger partial charge < -0.3 is 9.80 Å². The highest BCUT2D eigenvalue weighted by atomic mass is 127. The van der Waals surface area contributed by atoms with E-state index in [4.69, 9.17) is 0 Å². The van der Waals surface area contributed by atoms with Gasteiger partial charge in [-0.05, 0) is 11.6 Å². The summed E-state index contributed by atoms with van der Waals surface area (Å²) in [5.74, 6) is 2.41. The highest BCUT2D eigenvalue weighted by Gasteiger charge is 2.03. The van der Waals surface area contributed by atoms with Crippen molar-refractivity contribution in [3.63, 3.8) is 0 Å². The zero-order valence-electron chi connectivity index (χ0n) is 12.5.